The van der Waals surface area contributed by atoms with Gasteiger partial charge in [0.25, 0.3) is 0 Å². The fourth-order valence-corrected chi connectivity index (χ4v) is 2.61. The highest BCUT2D eigenvalue weighted by molar-refractivity contribution is 6.05. The molecule has 0 radical (unpaired) electrons. The minimum Gasteiger partial charge on any atom is -0.465 e. The molecule has 2 aromatic heterocycles. The Morgan fingerprint density at radius 3 is 2.57 bits per heavy atom. The summed E-state index contributed by atoms with van der Waals surface area (Å²) in [5.41, 5.74) is 2.89. The quantitative estimate of drug-likeness (QED) is 0.566. The first-order valence-corrected chi connectivity index (χ1v) is 7.00. The number of benzene rings is 2. The smallest absolute Gasteiger partial charge is 0.135 e. The third-order valence-corrected chi connectivity index (χ3v) is 3.64. The van der Waals surface area contributed by atoms with Crippen molar-refractivity contribution in [1.82, 2.24) is 0 Å². The van der Waals surface area contributed by atoms with E-state index in [0.717, 1.165) is 39.1 Å². The Kier molecular flexibility index (Phi) is 2.71. The van der Waals surface area contributed by atoms with E-state index in [2.05, 4.69) is 17.4 Å². The first-order chi connectivity index (χ1) is 10.3. The van der Waals surface area contributed by atoms with Crippen molar-refractivity contribution in [3.8, 4) is 0 Å². The lowest BCUT2D eigenvalue weighted by Gasteiger charge is -2.04. The van der Waals surface area contributed by atoms with Gasteiger partial charge in [-0.1, -0.05) is 18.2 Å². The van der Waals surface area contributed by atoms with Crippen molar-refractivity contribution in [1.29, 1.82) is 0 Å². The van der Waals surface area contributed by atoms with E-state index >= 15 is 0 Å². The van der Waals surface area contributed by atoms with Crippen molar-refractivity contribution in [3.05, 3.63) is 66.1 Å². The second-order valence-electron chi connectivity index (χ2n) is 5.18. The van der Waals surface area contributed by atoms with Crippen LogP contribution in [-0.4, -0.2) is 0 Å². The van der Waals surface area contributed by atoms with Crippen molar-refractivity contribution >= 4 is 27.6 Å². The summed E-state index contributed by atoms with van der Waals surface area (Å²) in [4.78, 5) is 0. The normalized spacial score (nSPS) is 11.3. The Morgan fingerprint density at radius 2 is 1.71 bits per heavy atom. The molecule has 0 unspecified atom stereocenters. The molecule has 3 nitrogen and oxygen atoms in total. The zero-order valence-electron chi connectivity index (χ0n) is 11.7. The lowest BCUT2D eigenvalue weighted by Crippen LogP contribution is -1.97. The van der Waals surface area contributed by atoms with E-state index in [0.29, 0.717) is 6.54 Å². The Bertz CT molecular complexity index is 917. The molecule has 4 rings (SSSR count). The maximum Gasteiger partial charge on any atom is 0.135 e. The summed E-state index contributed by atoms with van der Waals surface area (Å²) in [7, 11) is 0. The Hall–Kier alpha value is -2.68. The second-order valence-corrected chi connectivity index (χ2v) is 5.18. The van der Waals surface area contributed by atoms with Gasteiger partial charge in [-0.15, -0.1) is 0 Å². The van der Waals surface area contributed by atoms with Crippen molar-refractivity contribution < 1.29 is 8.83 Å². The van der Waals surface area contributed by atoms with Crippen LogP contribution in [0.5, 0.6) is 0 Å². The van der Waals surface area contributed by atoms with E-state index < -0.39 is 0 Å². The van der Waals surface area contributed by atoms with Gasteiger partial charge in [0.05, 0.1) is 6.54 Å². The molecular formula is C18H15NO2. The van der Waals surface area contributed by atoms with Crippen molar-refractivity contribution in [2.75, 3.05) is 5.32 Å². The summed E-state index contributed by atoms with van der Waals surface area (Å²) in [5.74, 6) is 1.87. The van der Waals surface area contributed by atoms with Gasteiger partial charge in [-0.25, -0.2) is 0 Å². The number of aryl methyl sites for hydroxylation is 1. The number of para-hydroxylation sites is 1. The molecule has 3 heteroatoms. The summed E-state index contributed by atoms with van der Waals surface area (Å²) < 4.78 is 11.4. The van der Waals surface area contributed by atoms with Gasteiger partial charge in [-0.2, -0.15) is 0 Å². The molecule has 4 aromatic rings. The Labute approximate surface area is 122 Å². The van der Waals surface area contributed by atoms with Crippen LogP contribution in [0.25, 0.3) is 21.9 Å². The van der Waals surface area contributed by atoms with Crippen LogP contribution in [0, 0.1) is 6.92 Å². The van der Waals surface area contributed by atoms with Gasteiger partial charge in [-0.05, 0) is 43.3 Å². The lowest BCUT2D eigenvalue weighted by molar-refractivity contribution is 0.490. The second kappa shape index (κ2) is 4.70. The summed E-state index contributed by atoms with van der Waals surface area (Å²) in [5, 5.41) is 5.66. The Morgan fingerprint density at radius 1 is 0.857 bits per heavy atom. The predicted molar refractivity (Wildman–Crippen MR) is 84.5 cm³/mol. The van der Waals surface area contributed by atoms with Crippen LogP contribution >= 0.6 is 0 Å². The average Bonchev–Trinajstić information content (AvgIpc) is 3.08. The molecule has 0 aliphatic heterocycles. The third-order valence-electron chi connectivity index (χ3n) is 3.64. The van der Waals surface area contributed by atoms with Crippen LogP contribution in [0.3, 0.4) is 0 Å². The maximum atomic E-state index is 5.83. The maximum absolute atomic E-state index is 5.83. The van der Waals surface area contributed by atoms with Gasteiger partial charge in [-0.3, -0.25) is 0 Å². The average molecular weight is 277 g/mol. The topological polar surface area (TPSA) is 38.3 Å². The van der Waals surface area contributed by atoms with E-state index in [-0.39, 0.29) is 0 Å². The minimum atomic E-state index is 0.676. The largest absolute Gasteiger partial charge is 0.465 e. The van der Waals surface area contributed by atoms with Crippen molar-refractivity contribution in [3.63, 3.8) is 0 Å². The zero-order valence-corrected chi connectivity index (χ0v) is 11.7. The van der Waals surface area contributed by atoms with E-state index in [1.807, 2.05) is 49.4 Å². The first kappa shape index (κ1) is 12.1. The molecule has 0 amide bonds. The Balaban J connectivity index is 1.68. The summed E-state index contributed by atoms with van der Waals surface area (Å²) in [6.45, 7) is 2.63. The minimum absolute atomic E-state index is 0.676. The van der Waals surface area contributed by atoms with Crippen LogP contribution in [-0.2, 0) is 6.54 Å². The molecule has 0 fully saturated rings. The zero-order chi connectivity index (χ0) is 14.2. The highest BCUT2D eigenvalue weighted by Crippen LogP contribution is 2.30. The molecule has 0 saturated heterocycles. The monoisotopic (exact) mass is 277 g/mol. The molecule has 0 bridgehead atoms. The van der Waals surface area contributed by atoms with Gasteiger partial charge in [0.15, 0.2) is 0 Å². The molecule has 0 spiro atoms. The molecule has 2 heterocycles. The SMILES string of the molecule is Cc1ccc(CNc2ccc3oc4ccccc4c3c2)o1. The van der Waals surface area contributed by atoms with Gasteiger partial charge in [0.2, 0.25) is 0 Å². The van der Waals surface area contributed by atoms with Crippen LogP contribution in [0.2, 0.25) is 0 Å². The first-order valence-electron chi connectivity index (χ1n) is 7.00. The highest BCUT2D eigenvalue weighted by atomic mass is 16.3. The molecular weight excluding hydrogens is 262 g/mol. The summed E-state index contributed by atoms with van der Waals surface area (Å²) in [6.07, 6.45) is 0. The number of nitrogens with one attached hydrogen (secondary N) is 1. The van der Waals surface area contributed by atoms with Crippen LogP contribution in [0.1, 0.15) is 11.5 Å². The summed E-state index contributed by atoms with van der Waals surface area (Å²) >= 11 is 0. The van der Waals surface area contributed by atoms with Crippen LogP contribution in [0.15, 0.2) is 63.4 Å². The van der Waals surface area contributed by atoms with Crippen molar-refractivity contribution in [2.45, 2.75) is 13.5 Å². The number of fused-ring (bicyclic) bond motifs is 3. The molecule has 0 aliphatic carbocycles. The number of anilines is 1. The number of hydrogen-bond donors (Lipinski definition) is 1. The van der Waals surface area contributed by atoms with E-state index in [9.17, 15) is 0 Å². The van der Waals surface area contributed by atoms with E-state index in [1.165, 1.54) is 0 Å². The molecule has 1 N–H and O–H groups in total. The summed E-state index contributed by atoms with van der Waals surface area (Å²) in [6, 6.07) is 18.2. The van der Waals surface area contributed by atoms with Crippen LogP contribution < -0.4 is 5.32 Å². The van der Waals surface area contributed by atoms with E-state index in [4.69, 9.17) is 8.83 Å². The predicted octanol–water partition coefficient (Wildman–Crippen LogP) is 5.10. The highest BCUT2D eigenvalue weighted by Gasteiger charge is 2.07. The molecule has 0 aliphatic rings. The molecule has 0 saturated carbocycles. The van der Waals surface area contributed by atoms with Gasteiger partial charge in [0.1, 0.15) is 22.7 Å². The molecule has 2 aromatic carbocycles. The van der Waals surface area contributed by atoms with Crippen molar-refractivity contribution in [2.24, 2.45) is 0 Å². The van der Waals surface area contributed by atoms with Gasteiger partial charge >= 0.3 is 0 Å². The van der Waals surface area contributed by atoms with Gasteiger partial charge in [0, 0.05) is 16.5 Å². The standard InChI is InChI=1S/C18H15NO2/c1-12-6-8-14(20-12)11-19-13-7-9-18-16(10-13)15-4-2-3-5-17(15)21-18/h2-10,19H,11H2,1H3. The molecule has 104 valence electrons. The van der Waals surface area contributed by atoms with E-state index in [1.54, 1.807) is 0 Å². The molecule has 21 heavy (non-hydrogen) atoms. The lowest BCUT2D eigenvalue weighted by atomic mass is 10.1. The number of rotatable bonds is 3. The molecule has 0 atom stereocenters. The number of furan rings is 2. The number of hydrogen-bond acceptors (Lipinski definition) is 3. The van der Waals surface area contributed by atoms with Gasteiger partial charge < -0.3 is 14.2 Å². The van der Waals surface area contributed by atoms with Crippen LogP contribution in [0.4, 0.5) is 5.69 Å². The fourth-order valence-electron chi connectivity index (χ4n) is 2.61. The third kappa shape index (κ3) is 2.17. The fraction of sp³-hybridized carbons (Fsp3) is 0.111.